The number of alkyl halides is 3. The SMILES string of the molecule is OC1(C(F)(F)F)CS[C]=N1. The maximum atomic E-state index is 11.7. The highest BCUT2D eigenvalue weighted by atomic mass is 32.2. The first-order chi connectivity index (χ1) is 4.46. The molecule has 0 amide bonds. The van der Waals surface area contributed by atoms with Gasteiger partial charge in [0.2, 0.25) is 0 Å². The largest absolute Gasteiger partial charge is 0.439 e. The van der Waals surface area contributed by atoms with Gasteiger partial charge in [-0.1, -0.05) is 11.8 Å². The normalized spacial score (nSPS) is 33.2. The minimum absolute atomic E-state index is 0.490. The van der Waals surface area contributed by atoms with Crippen LogP contribution in [0.25, 0.3) is 0 Å². The minimum Gasteiger partial charge on any atom is -0.361 e. The zero-order valence-electron chi connectivity index (χ0n) is 4.64. The highest BCUT2D eigenvalue weighted by Crippen LogP contribution is 2.36. The number of rotatable bonds is 0. The average molecular weight is 170 g/mol. The fourth-order valence-corrected chi connectivity index (χ4v) is 1.13. The molecule has 10 heavy (non-hydrogen) atoms. The van der Waals surface area contributed by atoms with Crippen molar-refractivity contribution in [2.45, 2.75) is 11.9 Å². The maximum Gasteiger partial charge on any atom is 0.439 e. The van der Waals surface area contributed by atoms with Crippen LogP contribution in [0.1, 0.15) is 0 Å². The van der Waals surface area contributed by atoms with Gasteiger partial charge in [0.1, 0.15) is 5.55 Å². The predicted molar refractivity (Wildman–Crippen MR) is 30.9 cm³/mol. The molecule has 2 nitrogen and oxygen atoms in total. The van der Waals surface area contributed by atoms with E-state index in [9.17, 15) is 13.2 Å². The molecule has 0 aromatic heterocycles. The average Bonchev–Trinajstić information content (AvgIpc) is 2.13. The van der Waals surface area contributed by atoms with Crippen LogP contribution in [0.2, 0.25) is 0 Å². The summed E-state index contributed by atoms with van der Waals surface area (Å²) in [4.78, 5) is 2.78. The van der Waals surface area contributed by atoms with Gasteiger partial charge in [-0.2, -0.15) is 13.2 Å². The molecule has 0 fully saturated rings. The standard InChI is InChI=1S/C4H3F3NOS/c5-4(6,7)3(9)1-10-2-8-3/h9H,1H2. The molecule has 0 spiro atoms. The Morgan fingerprint density at radius 2 is 2.20 bits per heavy atom. The minimum atomic E-state index is -4.68. The van der Waals surface area contributed by atoms with Crippen LogP contribution in [0.4, 0.5) is 13.2 Å². The summed E-state index contributed by atoms with van der Waals surface area (Å²) >= 11 is 0.721. The molecule has 0 aromatic carbocycles. The molecule has 57 valence electrons. The van der Waals surface area contributed by atoms with Crippen LogP contribution in [0.15, 0.2) is 4.99 Å². The molecule has 1 N–H and O–H groups in total. The van der Waals surface area contributed by atoms with E-state index in [1.165, 1.54) is 0 Å². The third-order valence-electron chi connectivity index (χ3n) is 1.02. The second kappa shape index (κ2) is 2.13. The molecule has 1 heterocycles. The van der Waals surface area contributed by atoms with E-state index >= 15 is 0 Å². The van der Waals surface area contributed by atoms with Crippen molar-refractivity contribution in [2.24, 2.45) is 4.99 Å². The first-order valence-corrected chi connectivity index (χ1v) is 3.32. The van der Waals surface area contributed by atoms with E-state index < -0.39 is 17.7 Å². The van der Waals surface area contributed by atoms with E-state index in [4.69, 9.17) is 5.11 Å². The van der Waals surface area contributed by atoms with Gasteiger partial charge >= 0.3 is 6.18 Å². The molecule has 0 saturated heterocycles. The van der Waals surface area contributed by atoms with Crippen molar-refractivity contribution < 1.29 is 18.3 Å². The highest BCUT2D eigenvalue weighted by Gasteiger charge is 2.55. The van der Waals surface area contributed by atoms with Crippen LogP contribution >= 0.6 is 11.8 Å². The summed E-state index contributed by atoms with van der Waals surface area (Å²) in [6, 6.07) is 0. The van der Waals surface area contributed by atoms with Crippen LogP contribution in [-0.2, 0) is 0 Å². The first kappa shape index (κ1) is 7.87. The van der Waals surface area contributed by atoms with Crippen molar-refractivity contribution in [3.8, 4) is 0 Å². The Hall–Kier alpha value is -0.230. The van der Waals surface area contributed by atoms with Gasteiger partial charge in [0, 0.05) is 0 Å². The molecule has 1 aliphatic heterocycles. The smallest absolute Gasteiger partial charge is 0.361 e. The summed E-state index contributed by atoms with van der Waals surface area (Å²) in [6.45, 7) is 0. The number of aliphatic imine (C=N–C) groups is 1. The lowest BCUT2D eigenvalue weighted by Crippen LogP contribution is -2.43. The van der Waals surface area contributed by atoms with Gasteiger partial charge in [-0.05, 0) is 0 Å². The fourth-order valence-electron chi connectivity index (χ4n) is 0.418. The van der Waals surface area contributed by atoms with Crippen molar-refractivity contribution in [3.63, 3.8) is 0 Å². The van der Waals surface area contributed by atoms with Gasteiger partial charge in [0.25, 0.3) is 5.72 Å². The molecule has 0 aromatic rings. The first-order valence-electron chi connectivity index (χ1n) is 2.33. The molecule has 1 radical (unpaired) electrons. The van der Waals surface area contributed by atoms with Crippen molar-refractivity contribution in [3.05, 3.63) is 0 Å². The molecule has 0 saturated carbocycles. The Morgan fingerprint density at radius 3 is 2.40 bits per heavy atom. The molecule has 1 aliphatic rings. The van der Waals surface area contributed by atoms with Crippen LogP contribution in [-0.4, -0.2) is 28.3 Å². The highest BCUT2D eigenvalue weighted by molar-refractivity contribution is 8.12. The Labute approximate surface area is 59.1 Å². The van der Waals surface area contributed by atoms with Crippen LogP contribution in [0.3, 0.4) is 0 Å². The van der Waals surface area contributed by atoms with Crippen LogP contribution in [0, 0.1) is 0 Å². The monoisotopic (exact) mass is 170 g/mol. The lowest BCUT2D eigenvalue weighted by molar-refractivity contribution is -0.245. The number of halogens is 3. The second-order valence-corrected chi connectivity index (χ2v) is 2.57. The van der Waals surface area contributed by atoms with E-state index in [-0.39, 0.29) is 0 Å². The van der Waals surface area contributed by atoms with Gasteiger partial charge < -0.3 is 5.11 Å². The number of aliphatic hydroxyl groups is 1. The third-order valence-corrected chi connectivity index (χ3v) is 1.79. The molecule has 1 unspecified atom stereocenters. The van der Waals surface area contributed by atoms with Gasteiger partial charge in [-0.3, -0.25) is 0 Å². The van der Waals surface area contributed by atoms with Gasteiger partial charge in [0.05, 0.1) is 5.75 Å². The Balaban J connectivity index is 2.78. The van der Waals surface area contributed by atoms with Gasteiger partial charge in [-0.25, -0.2) is 4.99 Å². The van der Waals surface area contributed by atoms with E-state index in [0.717, 1.165) is 11.8 Å². The Bertz CT molecular complexity index is 168. The molecular formula is C4H3F3NOS. The molecule has 6 heteroatoms. The molecular weight excluding hydrogens is 167 g/mol. The van der Waals surface area contributed by atoms with E-state index in [2.05, 4.69) is 4.99 Å². The van der Waals surface area contributed by atoms with E-state index in [1.54, 1.807) is 0 Å². The maximum absolute atomic E-state index is 11.7. The summed E-state index contributed by atoms with van der Waals surface area (Å²) in [6.07, 6.45) is -4.68. The fraction of sp³-hybridized carbons (Fsp3) is 0.750. The summed E-state index contributed by atoms with van der Waals surface area (Å²) in [5.74, 6) is -0.490. The van der Waals surface area contributed by atoms with Crippen molar-refractivity contribution >= 4 is 17.3 Å². The van der Waals surface area contributed by atoms with Crippen molar-refractivity contribution in [1.29, 1.82) is 0 Å². The summed E-state index contributed by atoms with van der Waals surface area (Å²) < 4.78 is 35.2. The van der Waals surface area contributed by atoms with Crippen molar-refractivity contribution in [1.82, 2.24) is 0 Å². The topological polar surface area (TPSA) is 32.6 Å². The van der Waals surface area contributed by atoms with Crippen molar-refractivity contribution in [2.75, 3.05) is 5.75 Å². The molecule has 0 aliphatic carbocycles. The Kier molecular flexibility index (Phi) is 1.68. The third kappa shape index (κ3) is 1.13. The lowest BCUT2D eigenvalue weighted by Gasteiger charge is -2.20. The quantitative estimate of drug-likeness (QED) is 0.585. The number of hydrogen-bond donors (Lipinski definition) is 1. The van der Waals surface area contributed by atoms with Gasteiger partial charge in [-0.15, -0.1) is 0 Å². The van der Waals surface area contributed by atoms with Crippen LogP contribution < -0.4 is 0 Å². The summed E-state index contributed by atoms with van der Waals surface area (Å²) in [7, 11) is 0. The molecule has 1 rings (SSSR count). The number of nitrogens with zero attached hydrogens (tertiary/aromatic N) is 1. The van der Waals surface area contributed by atoms with Gasteiger partial charge in [0.15, 0.2) is 0 Å². The summed E-state index contributed by atoms with van der Waals surface area (Å²) in [5.41, 5.74) is -0.900. The lowest BCUT2D eigenvalue weighted by atomic mass is 10.3. The van der Waals surface area contributed by atoms with E-state index in [1.807, 2.05) is 5.55 Å². The Morgan fingerprint density at radius 1 is 1.60 bits per heavy atom. The molecule has 0 bridgehead atoms. The second-order valence-electron chi connectivity index (χ2n) is 1.81. The number of thioether (sulfide) groups is 1. The summed E-state index contributed by atoms with van der Waals surface area (Å²) in [5, 5.41) is 8.65. The zero-order valence-corrected chi connectivity index (χ0v) is 5.46. The van der Waals surface area contributed by atoms with Crippen LogP contribution in [0.5, 0.6) is 0 Å². The van der Waals surface area contributed by atoms with E-state index in [0.29, 0.717) is 0 Å². The predicted octanol–water partition coefficient (Wildman–Crippen LogP) is 0.889. The number of hydrogen-bond acceptors (Lipinski definition) is 3. The molecule has 1 atom stereocenters. The zero-order chi connectivity index (χ0) is 7.83.